The summed E-state index contributed by atoms with van der Waals surface area (Å²) in [5, 5.41) is 16.9. The lowest BCUT2D eigenvalue weighted by atomic mass is 9.96. The Morgan fingerprint density at radius 1 is 1.07 bits per heavy atom. The van der Waals surface area contributed by atoms with E-state index < -0.39 is 5.92 Å². The second kappa shape index (κ2) is 8.85. The first-order valence-electron chi connectivity index (χ1n) is 8.54. The number of nitrogens with zero attached hydrogens (tertiary/aromatic N) is 3. The minimum Gasteiger partial charge on any atom is -0.497 e. The maximum absolute atomic E-state index is 13.0. The van der Waals surface area contributed by atoms with Gasteiger partial charge >= 0.3 is 0 Å². The number of hydrogen-bond donors (Lipinski definition) is 2. The summed E-state index contributed by atoms with van der Waals surface area (Å²) >= 11 is 0. The lowest BCUT2D eigenvalue weighted by molar-refractivity contribution is -0.117. The number of carbonyl (C=O) groups excluding carboxylic acids is 1. The van der Waals surface area contributed by atoms with Crippen LogP contribution < -0.4 is 19.5 Å². The van der Waals surface area contributed by atoms with Crippen LogP contribution in [0.5, 0.6) is 17.2 Å². The fraction of sp³-hybridized carbons (Fsp3) is 0.263. The molecule has 9 nitrogen and oxygen atoms in total. The molecule has 0 aliphatic carbocycles. The fourth-order valence-corrected chi connectivity index (χ4v) is 2.86. The number of tetrazole rings is 1. The van der Waals surface area contributed by atoms with E-state index in [2.05, 4.69) is 25.9 Å². The topological polar surface area (TPSA) is 111 Å². The van der Waals surface area contributed by atoms with Gasteiger partial charge in [0.15, 0.2) is 17.3 Å². The molecular weight excluding hydrogens is 362 g/mol. The number of hydrogen-bond acceptors (Lipinski definition) is 7. The molecule has 0 aliphatic heterocycles. The monoisotopic (exact) mass is 383 g/mol. The van der Waals surface area contributed by atoms with Crippen LogP contribution in [-0.4, -0.2) is 47.9 Å². The van der Waals surface area contributed by atoms with Gasteiger partial charge in [0, 0.05) is 5.69 Å². The highest BCUT2D eigenvalue weighted by Crippen LogP contribution is 2.34. The molecule has 1 atom stereocenters. The second-order valence-corrected chi connectivity index (χ2v) is 5.90. The number of methoxy groups -OCH3 is 3. The number of amides is 1. The SMILES string of the molecule is COc1ccc(NC(=O)C(Cc2cccc(OC)c2OC)c2nn[nH]n2)cc1. The van der Waals surface area contributed by atoms with Gasteiger partial charge in [-0.1, -0.05) is 17.3 Å². The van der Waals surface area contributed by atoms with Gasteiger partial charge in [-0.2, -0.15) is 5.21 Å². The molecule has 0 aliphatic rings. The van der Waals surface area contributed by atoms with E-state index in [0.29, 0.717) is 29.4 Å². The molecule has 2 N–H and O–H groups in total. The summed E-state index contributed by atoms with van der Waals surface area (Å²) < 4.78 is 16.0. The zero-order chi connectivity index (χ0) is 19.9. The molecule has 0 fully saturated rings. The van der Waals surface area contributed by atoms with Crippen LogP contribution in [0, 0.1) is 0 Å². The minimum atomic E-state index is -0.679. The molecule has 146 valence electrons. The Labute approximate surface area is 162 Å². The zero-order valence-electron chi connectivity index (χ0n) is 15.8. The van der Waals surface area contributed by atoms with Crippen molar-refractivity contribution in [3.05, 3.63) is 53.9 Å². The highest BCUT2D eigenvalue weighted by molar-refractivity contribution is 5.95. The van der Waals surface area contributed by atoms with Crippen LogP contribution in [-0.2, 0) is 11.2 Å². The van der Waals surface area contributed by atoms with Gasteiger partial charge in [0.25, 0.3) is 0 Å². The number of rotatable bonds is 8. The third-order valence-electron chi connectivity index (χ3n) is 4.26. The van der Waals surface area contributed by atoms with Gasteiger partial charge in [0.05, 0.1) is 21.3 Å². The molecule has 9 heteroatoms. The fourth-order valence-electron chi connectivity index (χ4n) is 2.86. The van der Waals surface area contributed by atoms with E-state index in [1.807, 2.05) is 12.1 Å². The molecule has 0 radical (unpaired) electrons. The van der Waals surface area contributed by atoms with Crippen LogP contribution in [0.3, 0.4) is 0 Å². The van der Waals surface area contributed by atoms with Crippen LogP contribution in [0.25, 0.3) is 0 Å². The maximum atomic E-state index is 13.0. The van der Waals surface area contributed by atoms with Crippen LogP contribution >= 0.6 is 0 Å². The summed E-state index contributed by atoms with van der Waals surface area (Å²) in [7, 11) is 4.71. The number of anilines is 1. The summed E-state index contributed by atoms with van der Waals surface area (Å²) in [4.78, 5) is 13.0. The number of H-pyrrole nitrogens is 1. The van der Waals surface area contributed by atoms with Crippen molar-refractivity contribution in [2.75, 3.05) is 26.6 Å². The highest BCUT2D eigenvalue weighted by atomic mass is 16.5. The molecule has 3 aromatic rings. The van der Waals surface area contributed by atoms with Gasteiger partial charge in [-0.25, -0.2) is 0 Å². The van der Waals surface area contributed by atoms with Crippen molar-refractivity contribution >= 4 is 11.6 Å². The zero-order valence-corrected chi connectivity index (χ0v) is 15.8. The number of carbonyl (C=O) groups is 1. The van der Waals surface area contributed by atoms with E-state index in [0.717, 1.165) is 5.56 Å². The van der Waals surface area contributed by atoms with Crippen LogP contribution in [0.1, 0.15) is 17.3 Å². The molecule has 1 amide bonds. The van der Waals surface area contributed by atoms with Crippen LogP contribution in [0.15, 0.2) is 42.5 Å². The predicted molar refractivity (Wildman–Crippen MR) is 102 cm³/mol. The standard InChI is InChI=1S/C19H21N5O4/c1-26-14-9-7-13(8-10-14)20-19(25)15(18-21-23-24-22-18)11-12-5-4-6-16(27-2)17(12)28-3/h4-10,15H,11H2,1-3H3,(H,20,25)(H,21,22,23,24). The Balaban J connectivity index is 1.87. The molecule has 1 unspecified atom stereocenters. The summed E-state index contributed by atoms with van der Waals surface area (Å²) in [5.41, 5.74) is 1.43. The highest BCUT2D eigenvalue weighted by Gasteiger charge is 2.27. The Morgan fingerprint density at radius 3 is 2.46 bits per heavy atom. The second-order valence-electron chi connectivity index (χ2n) is 5.90. The Kier molecular flexibility index (Phi) is 6.05. The molecule has 3 rings (SSSR count). The van der Waals surface area contributed by atoms with E-state index in [-0.39, 0.29) is 11.7 Å². The van der Waals surface area contributed by atoms with Crippen molar-refractivity contribution in [2.45, 2.75) is 12.3 Å². The minimum absolute atomic E-state index is 0.267. The van der Waals surface area contributed by atoms with Crippen LogP contribution in [0.4, 0.5) is 5.69 Å². The number of aromatic nitrogens is 4. The first-order valence-corrected chi connectivity index (χ1v) is 8.54. The van der Waals surface area contributed by atoms with E-state index in [4.69, 9.17) is 14.2 Å². The van der Waals surface area contributed by atoms with Crippen molar-refractivity contribution in [1.82, 2.24) is 20.6 Å². The van der Waals surface area contributed by atoms with Gasteiger partial charge in [0.2, 0.25) is 5.91 Å². The predicted octanol–water partition coefficient (Wildman–Crippen LogP) is 2.19. The third-order valence-corrected chi connectivity index (χ3v) is 4.26. The van der Waals surface area contributed by atoms with E-state index in [1.54, 1.807) is 51.7 Å². The molecule has 28 heavy (non-hydrogen) atoms. The average Bonchev–Trinajstić information content (AvgIpc) is 3.26. The van der Waals surface area contributed by atoms with Crippen molar-refractivity contribution in [3.63, 3.8) is 0 Å². The first-order chi connectivity index (χ1) is 13.7. The van der Waals surface area contributed by atoms with Crippen LogP contribution in [0.2, 0.25) is 0 Å². The molecule has 0 saturated heterocycles. The van der Waals surface area contributed by atoms with Gasteiger partial charge in [-0.05, 0) is 42.3 Å². The van der Waals surface area contributed by atoms with E-state index >= 15 is 0 Å². The molecular formula is C19H21N5O4. The van der Waals surface area contributed by atoms with Gasteiger partial charge in [-0.3, -0.25) is 4.79 Å². The molecule has 0 saturated carbocycles. The van der Waals surface area contributed by atoms with Crippen molar-refractivity contribution in [2.24, 2.45) is 0 Å². The van der Waals surface area contributed by atoms with E-state index in [1.165, 1.54) is 0 Å². The molecule has 1 heterocycles. The normalized spacial score (nSPS) is 11.5. The molecule has 0 spiro atoms. The number of para-hydroxylation sites is 1. The quantitative estimate of drug-likeness (QED) is 0.613. The summed E-state index contributed by atoms with van der Waals surface area (Å²) in [6.07, 6.45) is 0.307. The summed E-state index contributed by atoms with van der Waals surface area (Å²) in [6.45, 7) is 0. The first kappa shape index (κ1) is 19.2. The van der Waals surface area contributed by atoms with E-state index in [9.17, 15) is 4.79 Å². The summed E-state index contributed by atoms with van der Waals surface area (Å²) in [6, 6.07) is 12.6. The number of benzene rings is 2. The Hall–Kier alpha value is -3.62. The molecule has 0 bridgehead atoms. The number of nitrogens with one attached hydrogen (secondary N) is 2. The smallest absolute Gasteiger partial charge is 0.235 e. The van der Waals surface area contributed by atoms with Crippen molar-refractivity contribution in [1.29, 1.82) is 0 Å². The Morgan fingerprint density at radius 2 is 1.86 bits per heavy atom. The summed E-state index contributed by atoms with van der Waals surface area (Å²) in [5.74, 6) is 1.20. The van der Waals surface area contributed by atoms with Gasteiger partial charge in [0.1, 0.15) is 11.7 Å². The average molecular weight is 383 g/mol. The Bertz CT molecular complexity index is 913. The maximum Gasteiger partial charge on any atom is 0.235 e. The lowest BCUT2D eigenvalue weighted by Gasteiger charge is -2.17. The van der Waals surface area contributed by atoms with Gasteiger partial charge in [-0.15, -0.1) is 10.2 Å². The molecule has 2 aromatic carbocycles. The molecule has 1 aromatic heterocycles. The number of aromatic amines is 1. The largest absolute Gasteiger partial charge is 0.497 e. The van der Waals surface area contributed by atoms with Gasteiger partial charge < -0.3 is 19.5 Å². The number of ether oxygens (including phenoxy) is 3. The lowest BCUT2D eigenvalue weighted by Crippen LogP contribution is -2.24. The van der Waals surface area contributed by atoms with Crippen molar-refractivity contribution in [3.8, 4) is 17.2 Å². The van der Waals surface area contributed by atoms with Crippen molar-refractivity contribution < 1.29 is 19.0 Å². The third kappa shape index (κ3) is 4.20.